The van der Waals surface area contributed by atoms with Crippen LogP contribution in [0.4, 0.5) is 4.39 Å². The molecule has 170 valence electrons. The molecule has 0 bridgehead atoms. The molecule has 0 amide bonds. The van der Waals surface area contributed by atoms with Crippen molar-refractivity contribution in [2.75, 3.05) is 0 Å². The molecule has 0 fully saturated rings. The van der Waals surface area contributed by atoms with Gasteiger partial charge in [-0.05, 0) is 53.8 Å². The Kier molecular flexibility index (Phi) is 6.98. The first-order valence-electron chi connectivity index (χ1n) is 11.5. The molecule has 5 heteroatoms. The van der Waals surface area contributed by atoms with Crippen LogP contribution in [0.2, 0.25) is 0 Å². The molecule has 1 aromatic heterocycles. The van der Waals surface area contributed by atoms with Crippen molar-refractivity contribution in [2.24, 2.45) is 0 Å². The zero-order valence-corrected chi connectivity index (χ0v) is 19.4. The van der Waals surface area contributed by atoms with Gasteiger partial charge >= 0.3 is 0 Å². The molecule has 4 aromatic rings. The number of halogens is 1. The molecule has 0 radical (unpaired) electrons. The van der Waals surface area contributed by atoms with Gasteiger partial charge in [-0.1, -0.05) is 67.9 Å². The van der Waals surface area contributed by atoms with Crippen molar-refractivity contribution in [3.05, 3.63) is 112 Å². The van der Waals surface area contributed by atoms with Crippen LogP contribution in [0, 0.1) is 24.1 Å². The van der Waals surface area contributed by atoms with Crippen molar-refractivity contribution in [1.82, 2.24) is 9.55 Å². The zero-order chi connectivity index (χ0) is 24.1. The number of benzene rings is 3. The van der Waals surface area contributed by atoms with Gasteiger partial charge in [0, 0.05) is 18.7 Å². The van der Waals surface area contributed by atoms with Gasteiger partial charge in [0.25, 0.3) is 5.56 Å². The van der Waals surface area contributed by atoms with E-state index in [0.29, 0.717) is 29.7 Å². The zero-order valence-electron chi connectivity index (χ0n) is 19.4. The molecule has 0 atom stereocenters. The molecule has 4 rings (SSSR count). The topological polar surface area (TPSA) is 58.7 Å². The third-order valence-corrected chi connectivity index (χ3v) is 6.06. The van der Waals surface area contributed by atoms with E-state index in [9.17, 15) is 14.4 Å². The molecule has 34 heavy (non-hydrogen) atoms. The van der Waals surface area contributed by atoms with Gasteiger partial charge in [-0.2, -0.15) is 10.2 Å². The maximum Gasteiger partial charge on any atom is 0.281 e. The highest BCUT2D eigenvalue weighted by molar-refractivity contribution is 5.70. The SMILES string of the molecule is CCCCc1nc(=O)c(-c2ccc(F)cc2)c(C)n1Cc1ccc(-c2ccccc2C#N)cc1. The van der Waals surface area contributed by atoms with Crippen LogP contribution in [-0.2, 0) is 13.0 Å². The number of nitriles is 1. The first kappa shape index (κ1) is 23.1. The minimum atomic E-state index is -0.340. The summed E-state index contributed by atoms with van der Waals surface area (Å²) in [7, 11) is 0. The Morgan fingerprint density at radius 2 is 1.65 bits per heavy atom. The number of rotatable bonds is 7. The van der Waals surface area contributed by atoms with E-state index in [4.69, 9.17) is 0 Å². The number of nitrogens with zero attached hydrogens (tertiary/aromatic N) is 3. The van der Waals surface area contributed by atoms with E-state index in [1.807, 2.05) is 55.5 Å². The van der Waals surface area contributed by atoms with E-state index in [1.165, 1.54) is 12.1 Å². The lowest BCUT2D eigenvalue weighted by Crippen LogP contribution is -2.23. The molecule has 0 aliphatic rings. The molecule has 0 aliphatic carbocycles. The number of unbranched alkanes of at least 4 members (excludes halogenated alkanes) is 1. The summed E-state index contributed by atoms with van der Waals surface area (Å²) in [6.45, 7) is 4.60. The minimum Gasteiger partial charge on any atom is -0.329 e. The summed E-state index contributed by atoms with van der Waals surface area (Å²) in [5, 5.41) is 9.41. The lowest BCUT2D eigenvalue weighted by molar-refractivity contribution is 0.627. The highest BCUT2D eigenvalue weighted by Crippen LogP contribution is 2.25. The highest BCUT2D eigenvalue weighted by Gasteiger charge is 2.16. The maximum absolute atomic E-state index is 13.5. The molecular weight excluding hydrogens is 425 g/mol. The standard InChI is InChI=1S/C29H26FN3O/c1-3-4-9-27-32-29(34)28(23-14-16-25(30)17-15-23)20(2)33(27)19-21-10-12-22(13-11-21)26-8-6-5-7-24(26)18-31/h5-8,10-17H,3-4,9,19H2,1-2H3. The average Bonchev–Trinajstić information content (AvgIpc) is 2.86. The third-order valence-electron chi connectivity index (χ3n) is 6.06. The quantitative estimate of drug-likeness (QED) is 0.332. The van der Waals surface area contributed by atoms with Crippen molar-refractivity contribution in [1.29, 1.82) is 5.26 Å². The van der Waals surface area contributed by atoms with Crippen molar-refractivity contribution < 1.29 is 4.39 Å². The smallest absolute Gasteiger partial charge is 0.281 e. The predicted octanol–water partition coefficient (Wildman–Crippen LogP) is 6.29. The van der Waals surface area contributed by atoms with Crippen molar-refractivity contribution in [3.8, 4) is 28.3 Å². The largest absolute Gasteiger partial charge is 0.329 e. The molecule has 0 unspecified atom stereocenters. The van der Waals surface area contributed by atoms with E-state index < -0.39 is 0 Å². The fourth-order valence-electron chi connectivity index (χ4n) is 4.21. The van der Waals surface area contributed by atoms with E-state index in [1.54, 1.807) is 12.1 Å². The Morgan fingerprint density at radius 1 is 0.971 bits per heavy atom. The monoisotopic (exact) mass is 451 g/mol. The predicted molar refractivity (Wildman–Crippen MR) is 133 cm³/mol. The van der Waals surface area contributed by atoms with Gasteiger partial charge in [-0.15, -0.1) is 0 Å². The Morgan fingerprint density at radius 3 is 2.32 bits per heavy atom. The summed E-state index contributed by atoms with van der Waals surface area (Å²) in [5.74, 6) is 0.418. The van der Waals surface area contributed by atoms with Gasteiger partial charge in [0.15, 0.2) is 0 Å². The lowest BCUT2D eigenvalue weighted by atomic mass is 9.99. The Labute approximate surface area is 199 Å². The van der Waals surface area contributed by atoms with Crippen LogP contribution in [-0.4, -0.2) is 9.55 Å². The fourth-order valence-corrected chi connectivity index (χ4v) is 4.21. The molecule has 3 aromatic carbocycles. The van der Waals surface area contributed by atoms with Gasteiger partial charge in [0.1, 0.15) is 11.6 Å². The third kappa shape index (κ3) is 4.82. The summed E-state index contributed by atoms with van der Waals surface area (Å²) in [4.78, 5) is 17.4. The van der Waals surface area contributed by atoms with Crippen LogP contribution >= 0.6 is 0 Å². The van der Waals surface area contributed by atoms with Gasteiger partial charge in [-0.25, -0.2) is 4.39 Å². The Bertz CT molecular complexity index is 1400. The second-order valence-electron chi connectivity index (χ2n) is 8.34. The molecule has 1 heterocycles. The number of aromatic nitrogens is 2. The normalized spacial score (nSPS) is 10.8. The van der Waals surface area contributed by atoms with Crippen LogP contribution < -0.4 is 5.56 Å². The van der Waals surface area contributed by atoms with Crippen molar-refractivity contribution in [3.63, 3.8) is 0 Å². The minimum absolute atomic E-state index is 0.282. The molecule has 0 N–H and O–H groups in total. The van der Waals surface area contributed by atoms with Crippen LogP contribution in [0.1, 0.15) is 42.4 Å². The van der Waals surface area contributed by atoms with E-state index >= 15 is 0 Å². The number of hydrogen-bond donors (Lipinski definition) is 0. The molecule has 0 saturated heterocycles. The summed E-state index contributed by atoms with van der Waals surface area (Å²) in [6.07, 6.45) is 2.65. The second kappa shape index (κ2) is 10.3. The van der Waals surface area contributed by atoms with Gasteiger partial charge < -0.3 is 4.57 Å². The van der Waals surface area contributed by atoms with Crippen LogP contribution in [0.3, 0.4) is 0 Å². The van der Waals surface area contributed by atoms with Gasteiger partial charge in [0.05, 0.1) is 17.2 Å². The second-order valence-corrected chi connectivity index (χ2v) is 8.34. The van der Waals surface area contributed by atoms with Gasteiger partial charge in [0.2, 0.25) is 0 Å². The summed E-state index contributed by atoms with van der Waals surface area (Å²) in [6, 6.07) is 23.9. The molecular formula is C29H26FN3O. The van der Waals surface area contributed by atoms with Gasteiger partial charge in [-0.3, -0.25) is 4.79 Å². The lowest BCUT2D eigenvalue weighted by Gasteiger charge is -2.19. The number of aryl methyl sites for hydroxylation is 1. The first-order chi connectivity index (χ1) is 16.5. The van der Waals surface area contributed by atoms with Crippen molar-refractivity contribution in [2.45, 2.75) is 39.7 Å². The molecule has 0 aliphatic heterocycles. The average molecular weight is 452 g/mol. The molecule has 0 saturated carbocycles. The maximum atomic E-state index is 13.5. The summed E-state index contributed by atoms with van der Waals surface area (Å²) in [5.41, 5.74) is 5.28. The van der Waals surface area contributed by atoms with Crippen molar-refractivity contribution >= 4 is 0 Å². The fraction of sp³-hybridized carbons (Fsp3) is 0.207. The first-order valence-corrected chi connectivity index (χ1v) is 11.5. The van der Waals surface area contributed by atoms with E-state index in [0.717, 1.165) is 41.1 Å². The summed E-state index contributed by atoms with van der Waals surface area (Å²) >= 11 is 0. The highest BCUT2D eigenvalue weighted by atomic mass is 19.1. The van der Waals surface area contributed by atoms with Crippen LogP contribution in [0.25, 0.3) is 22.3 Å². The molecule has 0 spiro atoms. The Balaban J connectivity index is 1.74. The van der Waals surface area contributed by atoms with Crippen LogP contribution in [0.5, 0.6) is 0 Å². The number of hydrogen-bond acceptors (Lipinski definition) is 3. The Hall–Kier alpha value is -4.04. The van der Waals surface area contributed by atoms with E-state index in [2.05, 4.69) is 22.5 Å². The van der Waals surface area contributed by atoms with E-state index in [-0.39, 0.29) is 11.4 Å². The molecule has 4 nitrogen and oxygen atoms in total. The van der Waals surface area contributed by atoms with Crippen LogP contribution in [0.15, 0.2) is 77.6 Å². The summed E-state index contributed by atoms with van der Waals surface area (Å²) < 4.78 is 15.6.